The van der Waals surface area contributed by atoms with E-state index in [1.807, 2.05) is 13.8 Å². The molecule has 0 bridgehead atoms. The summed E-state index contributed by atoms with van der Waals surface area (Å²) < 4.78 is 32.9. The van der Waals surface area contributed by atoms with Crippen LogP contribution < -0.4 is 10.3 Å². The molecule has 128 valence electrons. The Morgan fingerprint density at radius 1 is 1.25 bits per heavy atom. The maximum atomic E-state index is 13.6. The zero-order valence-corrected chi connectivity index (χ0v) is 13.2. The molecule has 24 heavy (non-hydrogen) atoms. The molecule has 0 aliphatic carbocycles. The number of carboxylic acid groups (broad SMARTS) is 1. The number of aliphatic carboxylic acids is 1. The van der Waals surface area contributed by atoms with E-state index in [9.17, 15) is 23.5 Å². The number of nitrogens with zero attached hydrogens (tertiary/aromatic N) is 1. The van der Waals surface area contributed by atoms with E-state index in [2.05, 4.69) is 0 Å². The van der Waals surface area contributed by atoms with Crippen molar-refractivity contribution < 1.29 is 23.4 Å². The largest absolute Gasteiger partial charge is 0.480 e. The van der Waals surface area contributed by atoms with Gasteiger partial charge < -0.3 is 14.4 Å². The summed E-state index contributed by atoms with van der Waals surface area (Å²) in [5, 5.41) is 9.29. The van der Waals surface area contributed by atoms with Gasteiger partial charge in [-0.3, -0.25) is 4.79 Å². The number of aromatic nitrogens is 1. The molecular formula is C17H17F2NO4. The Morgan fingerprint density at radius 3 is 2.54 bits per heavy atom. The topological polar surface area (TPSA) is 68.5 Å². The van der Waals surface area contributed by atoms with Crippen LogP contribution in [0.25, 0.3) is 0 Å². The van der Waals surface area contributed by atoms with Gasteiger partial charge in [-0.15, -0.1) is 0 Å². The number of benzene rings is 1. The first kappa shape index (κ1) is 17.7. The normalized spacial score (nSPS) is 12.2. The van der Waals surface area contributed by atoms with Crippen molar-refractivity contribution in [2.45, 2.75) is 26.3 Å². The van der Waals surface area contributed by atoms with E-state index in [0.717, 1.165) is 28.8 Å². The number of hydrogen-bond donors (Lipinski definition) is 1. The van der Waals surface area contributed by atoms with Gasteiger partial charge in [0.15, 0.2) is 11.6 Å². The first-order valence-electron chi connectivity index (χ1n) is 7.36. The highest BCUT2D eigenvalue weighted by Crippen LogP contribution is 2.25. The number of carbonyl (C=O) groups is 1. The van der Waals surface area contributed by atoms with Gasteiger partial charge in [0, 0.05) is 18.3 Å². The standard InChI is InChI=1S/C17H17F2NO4/c1-10(2)7-14(17(22)23)20-6-5-12(9-16(20)21)24-15-8-11(18)3-4-13(15)19/h3-6,8-10,14H,7H2,1-2H3,(H,22,23). The van der Waals surface area contributed by atoms with Crippen molar-refractivity contribution in [1.82, 2.24) is 4.57 Å². The number of rotatable bonds is 6. The van der Waals surface area contributed by atoms with E-state index < -0.39 is 29.2 Å². The van der Waals surface area contributed by atoms with Crippen molar-refractivity contribution in [3.63, 3.8) is 0 Å². The SMILES string of the molecule is CC(C)CC(C(=O)O)n1ccc(Oc2cc(F)ccc2F)cc1=O. The molecule has 1 aromatic heterocycles. The zero-order valence-electron chi connectivity index (χ0n) is 13.2. The number of halogens is 2. The first-order valence-corrected chi connectivity index (χ1v) is 7.36. The van der Waals surface area contributed by atoms with Gasteiger partial charge in [-0.2, -0.15) is 0 Å². The third kappa shape index (κ3) is 4.18. The second-order valence-electron chi connectivity index (χ2n) is 5.77. The molecule has 0 radical (unpaired) electrons. The molecule has 0 aliphatic heterocycles. The van der Waals surface area contributed by atoms with E-state index in [1.54, 1.807) is 0 Å². The minimum absolute atomic E-state index is 0.00515. The molecular weight excluding hydrogens is 320 g/mol. The fourth-order valence-electron chi connectivity index (χ4n) is 2.25. The summed E-state index contributed by atoms with van der Waals surface area (Å²) in [5.74, 6) is -2.85. The Bertz CT molecular complexity index is 801. The van der Waals surface area contributed by atoms with Crippen LogP contribution in [-0.2, 0) is 4.79 Å². The summed E-state index contributed by atoms with van der Waals surface area (Å²) in [4.78, 5) is 23.5. The van der Waals surface area contributed by atoms with E-state index >= 15 is 0 Å². The fourth-order valence-corrected chi connectivity index (χ4v) is 2.25. The fraction of sp³-hybridized carbons (Fsp3) is 0.294. The maximum absolute atomic E-state index is 13.6. The van der Waals surface area contributed by atoms with Crippen LogP contribution in [0.15, 0.2) is 41.3 Å². The van der Waals surface area contributed by atoms with Gasteiger partial charge in [0.25, 0.3) is 5.56 Å². The molecule has 0 aliphatic rings. The van der Waals surface area contributed by atoms with Gasteiger partial charge in [0.2, 0.25) is 0 Å². The van der Waals surface area contributed by atoms with Gasteiger partial charge >= 0.3 is 5.97 Å². The van der Waals surface area contributed by atoms with Gasteiger partial charge in [-0.05, 0) is 30.5 Å². The van der Waals surface area contributed by atoms with Crippen molar-refractivity contribution in [3.8, 4) is 11.5 Å². The molecule has 2 rings (SSSR count). The van der Waals surface area contributed by atoms with E-state index in [0.29, 0.717) is 0 Å². The number of pyridine rings is 1. The number of hydrogen-bond acceptors (Lipinski definition) is 3. The highest BCUT2D eigenvalue weighted by Gasteiger charge is 2.22. The number of ether oxygens (including phenoxy) is 1. The zero-order chi connectivity index (χ0) is 17.9. The summed E-state index contributed by atoms with van der Waals surface area (Å²) in [6, 6.07) is 4.10. The van der Waals surface area contributed by atoms with Crippen molar-refractivity contribution in [1.29, 1.82) is 0 Å². The van der Waals surface area contributed by atoms with E-state index in [1.165, 1.54) is 12.3 Å². The van der Waals surface area contributed by atoms with Gasteiger partial charge in [-0.25, -0.2) is 13.6 Å². The molecule has 5 nitrogen and oxygen atoms in total. The third-order valence-electron chi connectivity index (χ3n) is 3.36. The predicted molar refractivity (Wildman–Crippen MR) is 83.3 cm³/mol. The van der Waals surface area contributed by atoms with Crippen molar-refractivity contribution >= 4 is 5.97 Å². The minimum atomic E-state index is -1.12. The predicted octanol–water partition coefficient (Wildman–Crippen LogP) is 3.59. The third-order valence-corrected chi connectivity index (χ3v) is 3.36. The lowest BCUT2D eigenvalue weighted by molar-refractivity contribution is -0.141. The molecule has 0 saturated heterocycles. The molecule has 7 heteroatoms. The van der Waals surface area contributed by atoms with Crippen LogP contribution in [0.5, 0.6) is 11.5 Å². The molecule has 0 fully saturated rings. The Balaban J connectivity index is 2.30. The van der Waals surface area contributed by atoms with Gasteiger partial charge in [0.05, 0.1) is 0 Å². The summed E-state index contributed by atoms with van der Waals surface area (Å²) >= 11 is 0. The summed E-state index contributed by atoms with van der Waals surface area (Å²) in [6.45, 7) is 3.70. The number of carboxylic acids is 1. The second kappa shape index (κ2) is 7.25. The molecule has 0 amide bonds. The van der Waals surface area contributed by atoms with Crippen molar-refractivity contribution in [2.24, 2.45) is 5.92 Å². The lowest BCUT2D eigenvalue weighted by Gasteiger charge is -2.18. The highest BCUT2D eigenvalue weighted by atomic mass is 19.1. The Kier molecular flexibility index (Phi) is 5.33. The Labute approximate surface area is 137 Å². The Hall–Kier alpha value is -2.70. The summed E-state index contributed by atoms with van der Waals surface area (Å²) in [7, 11) is 0. The smallest absolute Gasteiger partial charge is 0.326 e. The molecule has 1 unspecified atom stereocenters. The average Bonchev–Trinajstić information content (AvgIpc) is 2.49. The minimum Gasteiger partial charge on any atom is -0.480 e. The maximum Gasteiger partial charge on any atom is 0.326 e. The molecule has 2 aromatic rings. The van der Waals surface area contributed by atoms with Crippen LogP contribution in [0.2, 0.25) is 0 Å². The van der Waals surface area contributed by atoms with Crippen LogP contribution in [0.4, 0.5) is 8.78 Å². The average molecular weight is 337 g/mol. The van der Waals surface area contributed by atoms with Crippen LogP contribution in [0, 0.1) is 17.6 Å². The molecule has 1 aromatic carbocycles. The first-order chi connectivity index (χ1) is 11.3. The lowest BCUT2D eigenvalue weighted by atomic mass is 10.0. The van der Waals surface area contributed by atoms with Gasteiger partial charge in [-0.1, -0.05) is 13.8 Å². The molecule has 0 spiro atoms. The van der Waals surface area contributed by atoms with Crippen molar-refractivity contribution in [2.75, 3.05) is 0 Å². The van der Waals surface area contributed by atoms with Crippen molar-refractivity contribution in [3.05, 3.63) is 58.5 Å². The van der Waals surface area contributed by atoms with Crippen LogP contribution >= 0.6 is 0 Å². The van der Waals surface area contributed by atoms with Gasteiger partial charge in [0.1, 0.15) is 17.6 Å². The highest BCUT2D eigenvalue weighted by molar-refractivity contribution is 5.71. The van der Waals surface area contributed by atoms with Crippen LogP contribution in [-0.4, -0.2) is 15.6 Å². The Morgan fingerprint density at radius 2 is 1.96 bits per heavy atom. The summed E-state index contributed by atoms with van der Waals surface area (Å²) in [5.41, 5.74) is -0.600. The van der Waals surface area contributed by atoms with E-state index in [4.69, 9.17) is 4.74 Å². The van der Waals surface area contributed by atoms with Crippen LogP contribution in [0.1, 0.15) is 26.3 Å². The summed E-state index contributed by atoms with van der Waals surface area (Å²) in [6.07, 6.45) is 1.56. The lowest BCUT2D eigenvalue weighted by Crippen LogP contribution is -2.30. The molecule has 0 saturated carbocycles. The van der Waals surface area contributed by atoms with Crippen LogP contribution in [0.3, 0.4) is 0 Å². The van der Waals surface area contributed by atoms with E-state index in [-0.39, 0.29) is 23.8 Å². The molecule has 1 heterocycles. The quantitative estimate of drug-likeness (QED) is 0.875. The molecule has 1 atom stereocenters. The second-order valence-corrected chi connectivity index (χ2v) is 5.77. The monoisotopic (exact) mass is 337 g/mol. The molecule has 1 N–H and O–H groups in total.